The summed E-state index contributed by atoms with van der Waals surface area (Å²) < 4.78 is 0. The van der Waals surface area contributed by atoms with E-state index in [1.165, 1.54) is 11.3 Å². The molecule has 2 fully saturated rings. The van der Waals surface area contributed by atoms with Gasteiger partial charge in [0.1, 0.15) is 17.9 Å². The van der Waals surface area contributed by atoms with Gasteiger partial charge in [0.15, 0.2) is 6.04 Å². The van der Waals surface area contributed by atoms with E-state index in [9.17, 15) is 14.4 Å². The van der Waals surface area contributed by atoms with Crippen LogP contribution in [0.4, 0.5) is 0 Å². The second kappa shape index (κ2) is 5.21. The molecule has 5 rings (SSSR count). The summed E-state index contributed by atoms with van der Waals surface area (Å²) in [4.78, 5) is 39.7. The molecule has 6 heteroatoms. The average molecular weight is 351 g/mol. The lowest BCUT2D eigenvalue weighted by Crippen LogP contribution is -3.12. The normalized spacial score (nSPS) is 32.1. The molecule has 5 nitrogen and oxygen atoms in total. The maximum atomic E-state index is 13.1. The Labute approximate surface area is 148 Å². The van der Waals surface area contributed by atoms with E-state index in [4.69, 9.17) is 0 Å². The van der Waals surface area contributed by atoms with Crippen LogP contribution in [0.2, 0.25) is 0 Å². The first kappa shape index (κ1) is 14.7. The molecule has 124 valence electrons. The van der Waals surface area contributed by atoms with Gasteiger partial charge in [0.2, 0.25) is 17.6 Å². The molecular weight excluding hydrogens is 336 g/mol. The van der Waals surface area contributed by atoms with Crippen molar-refractivity contribution in [2.24, 2.45) is 11.8 Å². The Morgan fingerprint density at radius 2 is 1.84 bits per heavy atom. The molecule has 25 heavy (non-hydrogen) atoms. The van der Waals surface area contributed by atoms with Crippen LogP contribution in [-0.2, 0) is 9.59 Å². The molecule has 0 spiro atoms. The molecule has 1 aromatic carbocycles. The van der Waals surface area contributed by atoms with Crippen molar-refractivity contribution >= 4 is 35.0 Å². The number of benzene rings is 1. The van der Waals surface area contributed by atoms with Crippen LogP contribution < -0.4 is 10.2 Å². The van der Waals surface area contributed by atoms with Crippen LogP contribution in [0.1, 0.15) is 26.8 Å². The third kappa shape index (κ3) is 1.95. The third-order valence-electron chi connectivity index (χ3n) is 5.51. The Bertz CT molecular complexity index is 934. The number of quaternary nitrogens is 1. The predicted octanol–water partition coefficient (Wildman–Crippen LogP) is 0.812. The summed E-state index contributed by atoms with van der Waals surface area (Å²) in [6.07, 6.45) is 3.93. The molecule has 2 saturated heterocycles. The first-order valence-electron chi connectivity index (χ1n) is 8.23. The van der Waals surface area contributed by atoms with Gasteiger partial charge in [0.25, 0.3) is 0 Å². The van der Waals surface area contributed by atoms with Gasteiger partial charge in [-0.2, -0.15) is 0 Å². The first-order chi connectivity index (χ1) is 12.2. The number of nitrogens with one attached hydrogen (secondary N) is 2. The largest absolute Gasteiger partial charge is 0.295 e. The molecule has 0 aliphatic carbocycles. The highest BCUT2D eigenvalue weighted by Gasteiger charge is 2.65. The average Bonchev–Trinajstić information content (AvgIpc) is 3.32. The molecule has 2 N–H and O–H groups in total. The van der Waals surface area contributed by atoms with E-state index in [-0.39, 0.29) is 23.6 Å². The van der Waals surface area contributed by atoms with Crippen LogP contribution in [0.15, 0.2) is 48.0 Å². The number of carbonyl (C=O) groups excluding carboxylic acids is 3. The highest BCUT2D eigenvalue weighted by molar-refractivity contribution is 7.12. The molecule has 3 aliphatic heterocycles. The number of thiophene rings is 1. The third-order valence-corrected chi connectivity index (χ3v) is 6.39. The highest BCUT2D eigenvalue weighted by atomic mass is 32.1. The lowest BCUT2D eigenvalue weighted by Gasteiger charge is -2.28. The standard InChI is InChI=1S/C19H14N2O3S/c22-17(12-6-3-9-25-12)16-14-13(18(23)20-19(14)24)15-11-5-2-1-4-10(11)7-8-21(15)16/h1-9,13-16H,(H,20,23,24)/p+1/t13-,14+,15+,16-/m0/s1. The maximum absolute atomic E-state index is 13.1. The molecule has 0 bridgehead atoms. The molecule has 1 aromatic heterocycles. The first-order valence-corrected chi connectivity index (χ1v) is 9.11. The van der Waals surface area contributed by atoms with Gasteiger partial charge < -0.3 is 0 Å². The number of rotatable bonds is 2. The van der Waals surface area contributed by atoms with Gasteiger partial charge in [-0.3, -0.25) is 24.6 Å². The van der Waals surface area contributed by atoms with Crippen molar-refractivity contribution in [3.63, 3.8) is 0 Å². The number of amides is 2. The Morgan fingerprint density at radius 3 is 2.64 bits per heavy atom. The van der Waals surface area contributed by atoms with Gasteiger partial charge in [-0.1, -0.05) is 30.3 Å². The predicted molar refractivity (Wildman–Crippen MR) is 91.7 cm³/mol. The number of Topliss-reactive ketones (excluding diaryl/α,β-unsaturated/α-hetero) is 1. The van der Waals surface area contributed by atoms with Gasteiger partial charge in [0, 0.05) is 5.56 Å². The second-order valence-electron chi connectivity index (χ2n) is 6.66. The highest BCUT2D eigenvalue weighted by Crippen LogP contribution is 2.41. The Hall–Kier alpha value is -2.57. The molecule has 3 aliphatic rings. The number of fused-ring (bicyclic) bond motifs is 5. The smallest absolute Gasteiger partial charge is 0.237 e. The number of hydrogen-bond donors (Lipinski definition) is 2. The molecule has 0 saturated carbocycles. The number of hydrogen-bond acceptors (Lipinski definition) is 4. The van der Waals surface area contributed by atoms with Crippen LogP contribution in [0.25, 0.3) is 6.08 Å². The molecule has 1 unspecified atom stereocenters. The van der Waals surface area contributed by atoms with Crippen molar-refractivity contribution in [2.75, 3.05) is 0 Å². The van der Waals surface area contributed by atoms with Crippen molar-refractivity contribution in [3.8, 4) is 0 Å². The van der Waals surface area contributed by atoms with E-state index in [1.807, 2.05) is 48.0 Å². The zero-order valence-electron chi connectivity index (χ0n) is 13.1. The van der Waals surface area contributed by atoms with E-state index in [0.717, 1.165) is 16.0 Å². The summed E-state index contributed by atoms with van der Waals surface area (Å²) in [6, 6.07) is 10.7. The Morgan fingerprint density at radius 1 is 1.04 bits per heavy atom. The topological polar surface area (TPSA) is 67.7 Å². The van der Waals surface area contributed by atoms with Crippen LogP contribution in [-0.4, -0.2) is 23.6 Å². The summed E-state index contributed by atoms with van der Waals surface area (Å²) >= 11 is 1.38. The lowest BCUT2D eigenvalue weighted by atomic mass is 9.84. The van der Waals surface area contributed by atoms with Crippen LogP contribution >= 0.6 is 11.3 Å². The maximum Gasteiger partial charge on any atom is 0.237 e. The van der Waals surface area contributed by atoms with Crippen molar-refractivity contribution in [3.05, 3.63) is 64.0 Å². The van der Waals surface area contributed by atoms with Crippen molar-refractivity contribution in [1.82, 2.24) is 5.32 Å². The minimum atomic E-state index is -0.613. The zero-order chi connectivity index (χ0) is 17.1. The van der Waals surface area contributed by atoms with Crippen molar-refractivity contribution in [2.45, 2.75) is 12.1 Å². The molecule has 5 atom stereocenters. The van der Waals surface area contributed by atoms with E-state index in [0.29, 0.717) is 4.88 Å². The molecule has 4 heterocycles. The van der Waals surface area contributed by atoms with Gasteiger partial charge in [-0.25, -0.2) is 0 Å². The lowest BCUT2D eigenvalue weighted by molar-refractivity contribution is -0.884. The second-order valence-corrected chi connectivity index (χ2v) is 7.61. The molecular formula is C19H15N2O3S+. The summed E-state index contributed by atoms with van der Waals surface area (Å²) in [6.45, 7) is 0. The van der Waals surface area contributed by atoms with E-state index < -0.39 is 17.9 Å². The molecule has 0 radical (unpaired) electrons. The quantitative estimate of drug-likeness (QED) is 0.622. The van der Waals surface area contributed by atoms with Gasteiger partial charge in [-0.15, -0.1) is 11.3 Å². The number of ketones is 1. The van der Waals surface area contributed by atoms with E-state index in [1.54, 1.807) is 6.07 Å². The van der Waals surface area contributed by atoms with Crippen LogP contribution in [0, 0.1) is 11.8 Å². The summed E-state index contributed by atoms with van der Waals surface area (Å²) in [7, 11) is 0. The Kier molecular flexibility index (Phi) is 3.07. The fourth-order valence-corrected chi connectivity index (χ4v) is 5.24. The summed E-state index contributed by atoms with van der Waals surface area (Å²) in [5.41, 5.74) is 2.08. The fraction of sp³-hybridized carbons (Fsp3) is 0.211. The minimum Gasteiger partial charge on any atom is -0.295 e. The van der Waals surface area contributed by atoms with Gasteiger partial charge in [0.05, 0.1) is 11.1 Å². The number of carbonyl (C=O) groups is 3. The molecule has 2 aromatic rings. The van der Waals surface area contributed by atoms with Gasteiger partial charge in [-0.05, 0) is 23.1 Å². The number of imide groups is 1. The summed E-state index contributed by atoms with van der Waals surface area (Å²) in [5.74, 6) is -1.75. The monoisotopic (exact) mass is 351 g/mol. The zero-order valence-corrected chi connectivity index (χ0v) is 14.0. The van der Waals surface area contributed by atoms with Crippen molar-refractivity contribution in [1.29, 1.82) is 0 Å². The van der Waals surface area contributed by atoms with E-state index >= 15 is 0 Å². The van der Waals surface area contributed by atoms with Gasteiger partial charge >= 0.3 is 0 Å². The summed E-state index contributed by atoms with van der Waals surface area (Å²) in [5, 5.41) is 4.30. The van der Waals surface area contributed by atoms with Crippen molar-refractivity contribution < 1.29 is 19.3 Å². The van der Waals surface area contributed by atoms with Crippen LogP contribution in [0.3, 0.4) is 0 Å². The SMILES string of the molecule is O=C1NC(=O)[C@H]2[C@@H]1[C@@H](C(=O)c1cccs1)[NH+]1C=Cc3ccccc3[C@H]21. The fourth-order valence-electron chi connectivity index (χ4n) is 4.54. The molecule has 2 amide bonds. The Balaban J connectivity index is 1.67. The minimum absolute atomic E-state index is 0.0589. The van der Waals surface area contributed by atoms with Crippen LogP contribution in [0.5, 0.6) is 0 Å². The van der Waals surface area contributed by atoms with E-state index in [2.05, 4.69) is 5.32 Å².